The second-order valence-corrected chi connectivity index (χ2v) is 16.1. The molecule has 4 aromatic rings. The molecule has 11 nitrogen and oxygen atoms in total. The Morgan fingerprint density at radius 3 is 2.14 bits per heavy atom. The number of benzene rings is 4. The minimum atomic E-state index is -0.719. The van der Waals surface area contributed by atoms with E-state index in [1.807, 2.05) is 18.2 Å². The Hall–Kier alpha value is -4.36. The lowest BCUT2D eigenvalue weighted by Crippen LogP contribution is -2.49. The van der Waals surface area contributed by atoms with Crippen LogP contribution >= 0.6 is 0 Å². The quantitative estimate of drug-likeness (QED) is 0.209. The van der Waals surface area contributed by atoms with Crippen LogP contribution in [0.1, 0.15) is 58.0 Å². The maximum absolute atomic E-state index is 11.4. The molecule has 0 spiro atoms. The third-order valence-corrected chi connectivity index (χ3v) is 12.5. The molecule has 0 radical (unpaired) electrons. The van der Waals surface area contributed by atoms with E-state index in [2.05, 4.69) is 83.1 Å². The monoisotopic (exact) mass is 778 g/mol. The lowest BCUT2D eigenvalue weighted by Gasteiger charge is -2.38. The third-order valence-electron chi connectivity index (χ3n) is 12.5. The van der Waals surface area contributed by atoms with E-state index < -0.39 is 6.10 Å². The van der Waals surface area contributed by atoms with Gasteiger partial charge in [-0.05, 0) is 117 Å². The number of rotatable bonds is 9. The van der Waals surface area contributed by atoms with Crippen LogP contribution in [-0.2, 0) is 32.3 Å². The average Bonchev–Trinajstić information content (AvgIpc) is 3.22. The summed E-state index contributed by atoms with van der Waals surface area (Å²) in [5, 5.41) is 22.3. The lowest BCUT2D eigenvalue weighted by molar-refractivity contribution is 0.0458. The zero-order chi connectivity index (χ0) is 39.6. The molecule has 0 aliphatic carbocycles. The number of piperazine rings is 1. The Balaban J connectivity index is 1.26. The number of nitrogens with zero attached hydrogens (tertiary/aromatic N) is 4. The molecule has 9 rings (SSSR count). The van der Waals surface area contributed by atoms with E-state index in [9.17, 15) is 10.2 Å². The highest BCUT2D eigenvalue weighted by molar-refractivity contribution is 5.63. The van der Waals surface area contributed by atoms with Crippen LogP contribution in [0.2, 0.25) is 0 Å². The highest BCUT2D eigenvalue weighted by atomic mass is 16.5. The zero-order valence-electron chi connectivity index (χ0n) is 34.1. The highest BCUT2D eigenvalue weighted by Crippen LogP contribution is 2.51. The SMILES string of the molecule is CCN1CCN(CC(O)COc2c(OC)cc3c4c2Oc2cc5c(cc2CO)CCN(C)[C@H]5Cc2ccc(cc2)Oc2cc(ccc2OC)C[C@@H]4N(C)CC3)CC1. The maximum Gasteiger partial charge on any atom is 0.204 e. The summed E-state index contributed by atoms with van der Waals surface area (Å²) in [6.45, 7) is 9.21. The summed E-state index contributed by atoms with van der Waals surface area (Å²) in [4.78, 5) is 9.50. The first-order valence-electron chi connectivity index (χ1n) is 20.5. The molecule has 5 aliphatic rings. The first kappa shape index (κ1) is 39.5. The molecule has 1 fully saturated rings. The van der Waals surface area contributed by atoms with E-state index in [0.717, 1.165) is 93.1 Å². The van der Waals surface area contributed by atoms with Crippen molar-refractivity contribution in [2.75, 3.05) is 87.3 Å². The number of aliphatic hydroxyl groups is 2. The number of hydrogen-bond acceptors (Lipinski definition) is 11. The van der Waals surface area contributed by atoms with Gasteiger partial charge in [-0.3, -0.25) is 14.7 Å². The fraction of sp³-hybridized carbons (Fsp3) is 0.478. The molecule has 5 aliphatic heterocycles. The smallest absolute Gasteiger partial charge is 0.204 e. The number of likely N-dealkylation sites (N-methyl/N-ethyl adjacent to an activating group) is 3. The summed E-state index contributed by atoms with van der Waals surface area (Å²) in [5.41, 5.74) is 7.52. The molecule has 0 aromatic heterocycles. The van der Waals surface area contributed by atoms with Crippen molar-refractivity contribution < 1.29 is 33.9 Å². The molecule has 6 bridgehead atoms. The molecule has 5 heterocycles. The molecule has 304 valence electrons. The molecular weight excluding hydrogens is 721 g/mol. The van der Waals surface area contributed by atoms with Crippen LogP contribution in [0.3, 0.4) is 0 Å². The second-order valence-electron chi connectivity index (χ2n) is 16.1. The Morgan fingerprint density at radius 1 is 0.737 bits per heavy atom. The van der Waals surface area contributed by atoms with Gasteiger partial charge in [-0.15, -0.1) is 0 Å². The molecule has 0 saturated carbocycles. The number of fused-ring (bicyclic) bond motifs is 2. The zero-order valence-corrected chi connectivity index (χ0v) is 34.1. The van der Waals surface area contributed by atoms with Crippen molar-refractivity contribution in [3.8, 4) is 40.2 Å². The molecule has 2 N–H and O–H groups in total. The minimum absolute atomic E-state index is 0.0710. The third kappa shape index (κ3) is 8.32. The molecule has 57 heavy (non-hydrogen) atoms. The Morgan fingerprint density at radius 2 is 1.42 bits per heavy atom. The molecular formula is C46H58N4O7. The van der Waals surface area contributed by atoms with E-state index in [1.54, 1.807) is 14.2 Å². The predicted molar refractivity (Wildman–Crippen MR) is 221 cm³/mol. The largest absolute Gasteiger partial charge is 0.493 e. The summed E-state index contributed by atoms with van der Waals surface area (Å²) in [5.74, 6) is 4.23. The lowest BCUT2D eigenvalue weighted by atomic mass is 9.86. The summed E-state index contributed by atoms with van der Waals surface area (Å²) >= 11 is 0. The van der Waals surface area contributed by atoms with E-state index >= 15 is 0 Å². The van der Waals surface area contributed by atoms with Gasteiger partial charge in [-0.25, -0.2) is 0 Å². The number of β-amino-alcohol motifs (C(OH)–C–C–N with tert-alkyl or cyclic N) is 1. The van der Waals surface area contributed by atoms with E-state index in [-0.39, 0.29) is 25.3 Å². The molecule has 4 aromatic carbocycles. The molecule has 0 amide bonds. The van der Waals surface area contributed by atoms with Gasteiger partial charge in [0.1, 0.15) is 24.2 Å². The summed E-state index contributed by atoms with van der Waals surface area (Å²) in [6.07, 6.45) is 2.40. The fourth-order valence-electron chi connectivity index (χ4n) is 9.09. The van der Waals surface area contributed by atoms with Crippen LogP contribution in [-0.4, -0.2) is 123 Å². The van der Waals surface area contributed by atoms with Gasteiger partial charge < -0.3 is 38.8 Å². The standard InChI is InChI=1S/C46H58N4O7/c1-6-49-17-19-50(20-18-49)27-35(52)29-55-45-43(54-5)25-33-14-16-48(3)39-22-31-9-12-40(53-4)42(23-31)56-36-10-7-30(8-11-36)21-38-37-26-41(57-46(45)44(33)39)34(28-51)24-32(37)13-15-47(38)2/h7-12,23-26,35,38-39,51-52H,6,13-22,27-29H2,1-5H3/t35?,38-,39-/m0/s1. The van der Waals surface area contributed by atoms with Crippen LogP contribution in [0.25, 0.3) is 0 Å². The topological polar surface area (TPSA) is 99.6 Å². The molecule has 1 unspecified atom stereocenters. The number of aliphatic hydroxyl groups excluding tert-OH is 2. The van der Waals surface area contributed by atoms with Crippen molar-refractivity contribution in [1.82, 2.24) is 19.6 Å². The van der Waals surface area contributed by atoms with Crippen LogP contribution < -0.4 is 23.7 Å². The van der Waals surface area contributed by atoms with E-state index in [0.29, 0.717) is 47.5 Å². The van der Waals surface area contributed by atoms with Crippen LogP contribution in [0.15, 0.2) is 60.7 Å². The first-order chi connectivity index (χ1) is 27.7. The van der Waals surface area contributed by atoms with Crippen molar-refractivity contribution in [3.05, 3.63) is 99.6 Å². The Kier molecular flexibility index (Phi) is 11.9. The summed E-state index contributed by atoms with van der Waals surface area (Å²) in [7, 11) is 7.65. The predicted octanol–water partition coefficient (Wildman–Crippen LogP) is 6.01. The second kappa shape index (κ2) is 17.2. The van der Waals surface area contributed by atoms with Gasteiger partial charge in [0.25, 0.3) is 0 Å². The minimum Gasteiger partial charge on any atom is -0.493 e. The van der Waals surface area contributed by atoms with E-state index in [4.69, 9.17) is 23.7 Å². The van der Waals surface area contributed by atoms with Crippen molar-refractivity contribution in [3.63, 3.8) is 0 Å². The van der Waals surface area contributed by atoms with E-state index in [1.165, 1.54) is 16.7 Å². The van der Waals surface area contributed by atoms with Crippen molar-refractivity contribution in [1.29, 1.82) is 0 Å². The average molecular weight is 779 g/mol. The summed E-state index contributed by atoms with van der Waals surface area (Å²) < 4.78 is 32.2. The number of methoxy groups -OCH3 is 2. The normalized spacial score (nSPS) is 20.8. The van der Waals surface area contributed by atoms with Crippen LogP contribution in [0, 0.1) is 0 Å². The Labute approximate surface area is 337 Å². The van der Waals surface area contributed by atoms with Gasteiger partial charge in [-0.2, -0.15) is 0 Å². The molecule has 1 saturated heterocycles. The van der Waals surface area contributed by atoms with Gasteiger partial charge in [-0.1, -0.05) is 25.1 Å². The Bertz CT molecular complexity index is 2030. The molecule has 3 atom stereocenters. The highest BCUT2D eigenvalue weighted by Gasteiger charge is 2.35. The molecule has 11 heteroatoms. The van der Waals surface area contributed by atoms with Crippen molar-refractivity contribution >= 4 is 0 Å². The summed E-state index contributed by atoms with van der Waals surface area (Å²) in [6, 6.07) is 20.8. The number of ether oxygens (including phenoxy) is 5. The van der Waals surface area contributed by atoms with Crippen LogP contribution in [0.5, 0.6) is 40.2 Å². The van der Waals surface area contributed by atoms with Gasteiger partial charge in [0, 0.05) is 69.0 Å². The first-order valence-corrected chi connectivity index (χ1v) is 20.5. The van der Waals surface area contributed by atoms with Gasteiger partial charge in [0.2, 0.25) is 5.75 Å². The number of hydrogen-bond donors (Lipinski definition) is 2. The van der Waals surface area contributed by atoms with Crippen LogP contribution in [0.4, 0.5) is 0 Å². The maximum atomic E-state index is 11.4. The van der Waals surface area contributed by atoms with Gasteiger partial charge in [0.15, 0.2) is 23.0 Å². The van der Waals surface area contributed by atoms with Gasteiger partial charge >= 0.3 is 0 Å². The van der Waals surface area contributed by atoms with Crippen molar-refractivity contribution in [2.45, 2.75) is 57.4 Å². The van der Waals surface area contributed by atoms with Gasteiger partial charge in [0.05, 0.1) is 20.8 Å². The fourth-order valence-corrected chi connectivity index (χ4v) is 9.09. The van der Waals surface area contributed by atoms with Crippen molar-refractivity contribution in [2.24, 2.45) is 0 Å².